The predicted octanol–water partition coefficient (Wildman–Crippen LogP) is 26.7. The molecule has 718 valence electrons. The molecule has 12 fully saturated rings. The zero-order valence-electron chi connectivity index (χ0n) is 71.5. The second-order valence-electron chi connectivity index (χ2n) is 39.8. The third-order valence-corrected chi connectivity index (χ3v) is 32.9. The molecule has 2 N–H and O–H groups in total. The molecule has 29 unspecified atom stereocenters. The lowest BCUT2D eigenvalue weighted by atomic mass is 9.71. The van der Waals surface area contributed by atoms with Crippen molar-refractivity contribution in [2.45, 2.75) is 315 Å². The Bertz CT molecular complexity index is 3110. The van der Waals surface area contributed by atoms with Gasteiger partial charge in [0.2, 0.25) is 0 Å². The monoisotopic (exact) mass is 1830 g/mol. The molecule has 12 bridgehead atoms. The number of ether oxygens (including phenoxy) is 6. The van der Waals surface area contributed by atoms with Gasteiger partial charge in [-0.05, 0) is 302 Å². The van der Waals surface area contributed by atoms with E-state index in [4.69, 9.17) is 0 Å². The van der Waals surface area contributed by atoms with Gasteiger partial charge in [0.05, 0.1) is 0 Å². The average molecular weight is 1830 g/mol. The molecule has 39 heteroatoms. The summed E-state index contributed by atoms with van der Waals surface area (Å²) in [4.78, 5) is 11.8. The van der Waals surface area contributed by atoms with Crippen LogP contribution >= 0.6 is 0 Å². The maximum atomic E-state index is 13.7. The van der Waals surface area contributed by atoms with E-state index in [1.807, 2.05) is 69.2 Å². The van der Waals surface area contributed by atoms with Gasteiger partial charge in [-0.2, -0.15) is 132 Å². The van der Waals surface area contributed by atoms with Crippen LogP contribution in [0.3, 0.4) is 0 Å². The molecule has 0 aliphatic heterocycles. The number of hydrogen-bond acceptors (Lipinski definition) is 9. The van der Waals surface area contributed by atoms with Crippen LogP contribution in [0.2, 0.25) is 0 Å². The molecule has 0 spiro atoms. The van der Waals surface area contributed by atoms with E-state index in [9.17, 15) is 147 Å². The minimum atomic E-state index is -5.81. The number of carbonyl (C=O) groups excluding carboxylic acids is 1. The normalized spacial score (nSPS) is 37.1. The summed E-state index contributed by atoms with van der Waals surface area (Å²) in [5, 5.41) is 18.6. The van der Waals surface area contributed by atoms with Crippen molar-refractivity contribution in [3.63, 3.8) is 0 Å². The van der Waals surface area contributed by atoms with Gasteiger partial charge in [0.25, 0.3) is 22.4 Å². The summed E-state index contributed by atoms with van der Waals surface area (Å²) in [7, 11) is 2.00. The van der Waals surface area contributed by atoms with Crippen LogP contribution in [-0.2, 0) is 28.4 Å². The minimum Gasteiger partial charge on any atom is -0.429 e. The van der Waals surface area contributed by atoms with E-state index in [0.717, 1.165) is 37.9 Å². The SMILES string of the molecule is CC1C2CC(CC(O)(C(F)(F)F)C(F)(F)F)C(C2)C1C.CC1C2CC(CC(O)(C(F)(F)F)C(F)(F)F)C(C2)C1C.CC1C2CC(CC(OC(=O)OC(C)(C)C)(C(F)(F)F)C(F)(F)F)C(C2)C1C.CC1C2CCC(C2)C1C.COCOC(CC1CC2CC1C(C)C2C)(C(F)(F)F)C(F)(F)F.COCOC(CC1CC2CC1C(C)C2C)(C(F)(F)F)C(F)(F)F. The minimum absolute atomic E-state index is 0.0365. The van der Waals surface area contributed by atoms with E-state index in [2.05, 4.69) is 42.3 Å². The highest BCUT2D eigenvalue weighted by molar-refractivity contribution is 5.61. The largest absolute Gasteiger partial charge is 0.510 e. The molecular formula is C83H122F30O9. The van der Waals surface area contributed by atoms with Gasteiger partial charge in [-0.15, -0.1) is 0 Å². The fraction of sp³-hybridized carbons (Fsp3) is 0.988. The highest BCUT2D eigenvalue weighted by Gasteiger charge is 2.79. The highest BCUT2D eigenvalue weighted by Crippen LogP contribution is 2.67. The molecule has 122 heavy (non-hydrogen) atoms. The third kappa shape index (κ3) is 21.1. The Kier molecular flexibility index (Phi) is 32.1. The maximum absolute atomic E-state index is 13.7. The quantitative estimate of drug-likeness (QED) is 0.0835. The first-order valence-corrected chi connectivity index (χ1v) is 42.2. The third-order valence-electron chi connectivity index (χ3n) is 32.9. The second kappa shape index (κ2) is 36.9. The van der Waals surface area contributed by atoms with Crippen LogP contribution in [0.1, 0.15) is 219 Å². The number of carbonyl (C=O) groups is 1. The molecule has 0 radical (unpaired) electrons. The first-order chi connectivity index (χ1) is 54.9. The summed E-state index contributed by atoms with van der Waals surface area (Å²) in [5.41, 5.74) is -23.3. The Labute approximate surface area is 693 Å². The van der Waals surface area contributed by atoms with Crippen LogP contribution in [0.5, 0.6) is 0 Å². The van der Waals surface area contributed by atoms with E-state index in [-0.39, 0.29) is 101 Å². The standard InChI is InChI=1S/C18H26F6O3.2C15H22F6O2.2C13H18F6O.C9H16/c1-9-10(2)13-7-11(9)6-12(13)8-16(17(19,20)21,18(22,23)24)27-14(25)26-15(3,4)5;2*1-8-9(2)12-5-10(8)4-11(12)6-13(14(16,17)18,15(19,20)21)23-7-22-3;2*1-6-7(2)10-4-8(6)3-9(10)5-11(20,12(14,15)16)13(17,18)19;1-6-7(2)9-4-3-8(6)5-9/h9-13H,6-8H2,1-5H3;2*8-12H,4-7H2,1-3H3;2*6-10,20H,3-5H2,1-2H3;6-9H,3-5H2,1-2H3. The van der Waals surface area contributed by atoms with Crippen molar-refractivity contribution in [2.75, 3.05) is 27.8 Å². The molecule has 0 heterocycles. The number of methoxy groups -OCH3 is 2. The molecule has 12 rings (SSSR count). The molecule has 9 nitrogen and oxygen atoms in total. The van der Waals surface area contributed by atoms with Crippen LogP contribution in [0.4, 0.5) is 137 Å². The van der Waals surface area contributed by atoms with Crippen LogP contribution in [0.25, 0.3) is 0 Å². The summed E-state index contributed by atoms with van der Waals surface area (Å²) in [6.45, 7) is 26.2. The van der Waals surface area contributed by atoms with Gasteiger partial charge < -0.3 is 38.6 Å². The molecule has 0 aromatic rings. The molecule has 0 aromatic carbocycles. The Morgan fingerprint density at radius 1 is 0.262 bits per heavy atom. The Morgan fingerprint density at radius 2 is 0.459 bits per heavy atom. The van der Waals surface area contributed by atoms with Gasteiger partial charge in [0, 0.05) is 20.6 Å². The fourth-order valence-electron chi connectivity index (χ4n) is 24.7. The number of rotatable bonds is 17. The van der Waals surface area contributed by atoms with Crippen molar-refractivity contribution >= 4 is 6.16 Å². The maximum Gasteiger partial charge on any atom is 0.510 e. The van der Waals surface area contributed by atoms with E-state index < -0.39 is 177 Å². The Morgan fingerprint density at radius 3 is 0.615 bits per heavy atom. The van der Waals surface area contributed by atoms with Gasteiger partial charge in [0.1, 0.15) is 19.2 Å². The predicted molar refractivity (Wildman–Crippen MR) is 384 cm³/mol. The molecule has 0 amide bonds. The summed E-state index contributed by atoms with van der Waals surface area (Å²) in [6.07, 6.45) is -54.7. The van der Waals surface area contributed by atoms with E-state index in [1.54, 1.807) is 6.42 Å². The summed E-state index contributed by atoms with van der Waals surface area (Å²) < 4.78 is 421. The van der Waals surface area contributed by atoms with Crippen molar-refractivity contribution in [1.29, 1.82) is 0 Å². The first kappa shape index (κ1) is 106. The molecular weight excluding hydrogens is 1710 g/mol. The van der Waals surface area contributed by atoms with Crippen molar-refractivity contribution in [3.05, 3.63) is 0 Å². The zero-order chi connectivity index (χ0) is 93.7. The first-order valence-electron chi connectivity index (χ1n) is 42.2. The number of fused-ring (bicyclic) bond motifs is 12. The zero-order valence-corrected chi connectivity index (χ0v) is 71.5. The summed E-state index contributed by atoms with van der Waals surface area (Å²) in [6, 6.07) is 0. The van der Waals surface area contributed by atoms with Gasteiger partial charge in [0.15, 0.2) is 0 Å². The molecule has 12 aliphatic rings. The lowest BCUT2D eigenvalue weighted by Gasteiger charge is -2.41. The second-order valence-corrected chi connectivity index (χ2v) is 39.8. The topological polar surface area (TPSA) is 113 Å². The lowest BCUT2D eigenvalue weighted by molar-refractivity contribution is -0.397. The van der Waals surface area contributed by atoms with Crippen LogP contribution in [0.15, 0.2) is 0 Å². The van der Waals surface area contributed by atoms with E-state index in [0.29, 0.717) is 81.5 Å². The Balaban J connectivity index is 0.000000205. The smallest absolute Gasteiger partial charge is 0.429 e. The van der Waals surface area contributed by atoms with Gasteiger partial charge in [-0.1, -0.05) is 83.1 Å². The number of alkyl halides is 30. The molecule has 0 saturated heterocycles. The van der Waals surface area contributed by atoms with Crippen molar-refractivity contribution < 1.29 is 175 Å². The highest BCUT2D eigenvalue weighted by atomic mass is 19.5. The fourth-order valence-corrected chi connectivity index (χ4v) is 24.7. The van der Waals surface area contributed by atoms with Crippen LogP contribution in [0, 0.1) is 172 Å². The molecule has 12 aliphatic carbocycles. The summed E-state index contributed by atoms with van der Waals surface area (Å²) >= 11 is 0. The van der Waals surface area contributed by atoms with E-state index in [1.165, 1.54) is 33.6 Å². The number of hydrogen-bond donors (Lipinski definition) is 2. The molecule has 12 saturated carbocycles. The van der Waals surface area contributed by atoms with Gasteiger partial charge in [-0.25, -0.2) is 4.79 Å². The molecule has 29 atom stereocenters. The lowest BCUT2D eigenvalue weighted by Crippen LogP contribution is -2.61. The van der Waals surface area contributed by atoms with Gasteiger partial charge in [-0.3, -0.25) is 0 Å². The van der Waals surface area contributed by atoms with Crippen molar-refractivity contribution in [3.8, 4) is 0 Å². The van der Waals surface area contributed by atoms with Crippen LogP contribution in [-0.4, -0.2) is 140 Å². The van der Waals surface area contributed by atoms with Crippen molar-refractivity contribution in [2.24, 2.45) is 172 Å². The van der Waals surface area contributed by atoms with Crippen LogP contribution < -0.4 is 0 Å². The van der Waals surface area contributed by atoms with Gasteiger partial charge >= 0.3 is 73.5 Å². The van der Waals surface area contributed by atoms with E-state index >= 15 is 0 Å². The molecule has 0 aromatic heterocycles. The van der Waals surface area contributed by atoms with Crippen molar-refractivity contribution in [1.82, 2.24) is 0 Å². The summed E-state index contributed by atoms with van der Waals surface area (Å²) in [5.74, 6) is 3.16. The number of aliphatic hydroxyl groups is 2. The number of halogens is 30. The Hall–Kier alpha value is -3.07. The average Bonchev–Trinajstić information content (AvgIpc) is 1.60.